The van der Waals surface area contributed by atoms with E-state index in [0.717, 1.165) is 99.8 Å². The molecule has 3 aromatic heterocycles. The summed E-state index contributed by atoms with van der Waals surface area (Å²) in [5.41, 5.74) is 11.6. The number of hydrogen-bond acceptors (Lipinski definition) is 5. The molecule has 0 aliphatic carbocycles. The lowest BCUT2D eigenvalue weighted by atomic mass is 10.0. The van der Waals surface area contributed by atoms with Gasteiger partial charge in [0.05, 0.1) is 5.52 Å². The van der Waals surface area contributed by atoms with E-state index in [9.17, 15) is 0 Å². The van der Waals surface area contributed by atoms with Crippen LogP contribution in [0.5, 0.6) is 0 Å². The van der Waals surface area contributed by atoms with Crippen LogP contribution >= 0.6 is 0 Å². The molecule has 8 aromatic carbocycles. The second-order valence-electron chi connectivity index (χ2n) is 13.7. The number of nitrogens with zero attached hydrogens (tertiary/aromatic N) is 3. The van der Waals surface area contributed by atoms with Gasteiger partial charge in [0, 0.05) is 55.0 Å². The second kappa shape index (κ2) is 12.6. The topological polar surface area (TPSA) is 55.3 Å². The summed E-state index contributed by atoms with van der Waals surface area (Å²) in [6.07, 6.45) is 0. The van der Waals surface area contributed by atoms with E-state index >= 15 is 0 Å². The van der Waals surface area contributed by atoms with Crippen molar-refractivity contribution in [3.63, 3.8) is 0 Å². The molecule has 0 unspecified atom stereocenters. The van der Waals surface area contributed by atoms with E-state index in [1.54, 1.807) is 0 Å². The van der Waals surface area contributed by atoms with Gasteiger partial charge in [0.1, 0.15) is 28.1 Å². The highest BCUT2D eigenvalue weighted by Crippen LogP contribution is 2.42. The zero-order valence-corrected chi connectivity index (χ0v) is 29.6. The van der Waals surface area contributed by atoms with Gasteiger partial charge in [-0.1, -0.05) is 140 Å². The molecule has 0 saturated heterocycles. The molecule has 0 saturated carbocycles. The monoisotopic (exact) mass is 705 g/mol. The molecule has 0 fully saturated rings. The highest BCUT2D eigenvalue weighted by molar-refractivity contribution is 6.10. The molecule has 0 aliphatic heterocycles. The fourth-order valence-corrected chi connectivity index (χ4v) is 7.87. The van der Waals surface area contributed by atoms with Crippen LogP contribution in [0.25, 0.3) is 88.4 Å². The minimum atomic E-state index is 0.667. The molecule has 3 heterocycles. The molecule has 0 bridgehead atoms. The van der Waals surface area contributed by atoms with Gasteiger partial charge in [-0.15, -0.1) is 0 Å². The summed E-state index contributed by atoms with van der Waals surface area (Å²) in [4.78, 5) is 12.5. The Hall–Kier alpha value is -7.50. The number of benzene rings is 8. The lowest BCUT2D eigenvalue weighted by Crippen LogP contribution is -2.13. The van der Waals surface area contributed by atoms with Crippen molar-refractivity contribution >= 4 is 72.0 Å². The number of hydrogen-bond donors (Lipinski definition) is 0. The van der Waals surface area contributed by atoms with E-state index in [1.165, 1.54) is 0 Å². The van der Waals surface area contributed by atoms with Gasteiger partial charge >= 0.3 is 0 Å². The molecule has 258 valence electrons. The number of fused-ring (bicyclic) bond motifs is 7. The Morgan fingerprint density at radius 3 is 1.38 bits per heavy atom. The Morgan fingerprint density at radius 1 is 0.345 bits per heavy atom. The van der Waals surface area contributed by atoms with E-state index in [0.29, 0.717) is 5.82 Å². The first kappa shape index (κ1) is 31.1. The van der Waals surface area contributed by atoms with Crippen molar-refractivity contribution in [1.29, 1.82) is 0 Å². The summed E-state index contributed by atoms with van der Waals surface area (Å²) in [6, 6.07) is 64.9. The van der Waals surface area contributed by atoms with Crippen LogP contribution in [-0.4, -0.2) is 9.97 Å². The van der Waals surface area contributed by atoms with Crippen molar-refractivity contribution in [2.75, 3.05) is 4.90 Å². The zero-order chi connectivity index (χ0) is 36.3. The molecule has 0 amide bonds. The molecule has 5 heteroatoms. The lowest BCUT2D eigenvalue weighted by molar-refractivity contribution is 0.669. The first-order valence-electron chi connectivity index (χ1n) is 18.4. The van der Waals surface area contributed by atoms with Crippen molar-refractivity contribution in [3.05, 3.63) is 188 Å². The quantitative estimate of drug-likeness (QED) is 0.172. The molecule has 55 heavy (non-hydrogen) atoms. The van der Waals surface area contributed by atoms with Crippen molar-refractivity contribution in [2.24, 2.45) is 0 Å². The van der Waals surface area contributed by atoms with E-state index in [1.807, 2.05) is 54.6 Å². The maximum Gasteiger partial charge on any atom is 0.162 e. The summed E-state index contributed by atoms with van der Waals surface area (Å²) >= 11 is 0. The Kier molecular flexibility index (Phi) is 7.10. The summed E-state index contributed by atoms with van der Waals surface area (Å²) < 4.78 is 12.8. The van der Waals surface area contributed by atoms with Gasteiger partial charge in [0.25, 0.3) is 0 Å². The van der Waals surface area contributed by atoms with Crippen LogP contribution < -0.4 is 4.90 Å². The zero-order valence-electron chi connectivity index (χ0n) is 29.6. The van der Waals surface area contributed by atoms with Gasteiger partial charge in [0.15, 0.2) is 5.82 Å². The van der Waals surface area contributed by atoms with Crippen LogP contribution in [-0.2, 0) is 0 Å². The average Bonchev–Trinajstić information content (AvgIpc) is 3.83. The van der Waals surface area contributed by atoms with Crippen molar-refractivity contribution < 1.29 is 8.83 Å². The smallest absolute Gasteiger partial charge is 0.162 e. The Morgan fingerprint density at radius 2 is 0.818 bits per heavy atom. The maximum atomic E-state index is 6.42. The lowest BCUT2D eigenvalue weighted by Gasteiger charge is -2.26. The van der Waals surface area contributed by atoms with Gasteiger partial charge in [-0.3, -0.25) is 4.90 Å². The summed E-state index contributed by atoms with van der Waals surface area (Å²) in [5.74, 6) is 1.46. The van der Waals surface area contributed by atoms with Crippen molar-refractivity contribution in [1.82, 2.24) is 9.97 Å². The van der Waals surface area contributed by atoms with Crippen molar-refractivity contribution in [3.8, 4) is 33.6 Å². The number of aromatic nitrogens is 2. The largest absolute Gasteiger partial charge is 0.455 e. The Bertz CT molecular complexity index is 3040. The average molecular weight is 706 g/mol. The molecule has 0 atom stereocenters. The Balaban J connectivity index is 1.07. The van der Waals surface area contributed by atoms with Gasteiger partial charge in [0.2, 0.25) is 0 Å². The third-order valence-electron chi connectivity index (χ3n) is 10.5. The fourth-order valence-electron chi connectivity index (χ4n) is 7.87. The minimum absolute atomic E-state index is 0.667. The summed E-state index contributed by atoms with van der Waals surface area (Å²) in [5, 5.41) is 5.41. The van der Waals surface area contributed by atoms with E-state index in [-0.39, 0.29) is 0 Å². The number of rotatable bonds is 6. The summed E-state index contributed by atoms with van der Waals surface area (Å²) in [7, 11) is 0. The minimum Gasteiger partial charge on any atom is -0.455 e. The molecule has 0 spiro atoms. The molecule has 11 aromatic rings. The standard InChI is InChI=1S/C50H31N3O2/c1-2-12-34(13-3-1)49-51-44-21-7-4-16-43(44)50(52-49)53(35-28-24-32(25-29-35)37-17-10-19-41-39-14-5-8-22-45(39)54-47(37)41)36-30-26-33(27-31-36)38-18-11-20-42-40-15-6-9-23-46(40)55-48(38)42/h1-31H. The van der Waals surface area contributed by atoms with Crippen LogP contribution in [0.1, 0.15) is 0 Å². The maximum absolute atomic E-state index is 6.42. The molecule has 0 aliphatic rings. The molecular formula is C50H31N3O2. The first-order valence-corrected chi connectivity index (χ1v) is 18.4. The highest BCUT2D eigenvalue weighted by atomic mass is 16.3. The Labute approximate surface area is 316 Å². The number of furan rings is 2. The fraction of sp³-hybridized carbons (Fsp3) is 0. The van der Waals surface area contributed by atoms with Gasteiger partial charge in [-0.2, -0.15) is 0 Å². The number of para-hydroxylation sites is 5. The molecular weight excluding hydrogens is 675 g/mol. The molecule has 5 nitrogen and oxygen atoms in total. The van der Waals surface area contributed by atoms with E-state index in [4.69, 9.17) is 18.8 Å². The van der Waals surface area contributed by atoms with Crippen LogP contribution in [0.3, 0.4) is 0 Å². The molecule has 11 rings (SSSR count). The van der Waals surface area contributed by atoms with Crippen LogP contribution in [0.4, 0.5) is 17.2 Å². The predicted octanol–water partition coefficient (Wildman–Crippen LogP) is 13.9. The summed E-state index contributed by atoms with van der Waals surface area (Å²) in [6.45, 7) is 0. The predicted molar refractivity (Wildman–Crippen MR) is 225 cm³/mol. The van der Waals surface area contributed by atoms with Gasteiger partial charge in [-0.25, -0.2) is 9.97 Å². The molecule has 0 N–H and O–H groups in total. The van der Waals surface area contributed by atoms with Crippen LogP contribution in [0.15, 0.2) is 197 Å². The van der Waals surface area contributed by atoms with Gasteiger partial charge in [-0.05, 0) is 59.7 Å². The van der Waals surface area contributed by atoms with Crippen LogP contribution in [0, 0.1) is 0 Å². The van der Waals surface area contributed by atoms with E-state index in [2.05, 4.69) is 138 Å². The third kappa shape index (κ3) is 5.17. The molecule has 0 radical (unpaired) electrons. The highest BCUT2D eigenvalue weighted by Gasteiger charge is 2.21. The van der Waals surface area contributed by atoms with E-state index < -0.39 is 0 Å². The second-order valence-corrected chi connectivity index (χ2v) is 13.7. The van der Waals surface area contributed by atoms with Gasteiger partial charge < -0.3 is 8.83 Å². The third-order valence-corrected chi connectivity index (χ3v) is 10.5. The SMILES string of the molecule is c1ccc(-c2nc(N(c3ccc(-c4cccc5c4oc4ccccc45)cc3)c3ccc(-c4cccc5c4oc4ccccc45)cc3)c3ccccc3n2)cc1. The number of anilines is 3. The van der Waals surface area contributed by atoms with Crippen LogP contribution in [0.2, 0.25) is 0 Å². The van der Waals surface area contributed by atoms with Crippen molar-refractivity contribution in [2.45, 2.75) is 0 Å². The first-order chi connectivity index (χ1) is 27.3. The normalized spacial score (nSPS) is 11.6.